The molecule has 0 bridgehead atoms. The van der Waals surface area contributed by atoms with Crippen LogP contribution >= 0.6 is 0 Å². The van der Waals surface area contributed by atoms with Gasteiger partial charge >= 0.3 is 0 Å². The first-order valence-electron chi connectivity index (χ1n) is 6.73. The number of hydrogen-bond acceptors (Lipinski definition) is 2. The van der Waals surface area contributed by atoms with Gasteiger partial charge in [-0.15, -0.1) is 0 Å². The van der Waals surface area contributed by atoms with Crippen molar-refractivity contribution in [1.82, 2.24) is 5.32 Å². The van der Waals surface area contributed by atoms with E-state index in [9.17, 15) is 5.11 Å². The Morgan fingerprint density at radius 2 is 2.06 bits per heavy atom. The van der Waals surface area contributed by atoms with Crippen LogP contribution in [0.5, 0.6) is 5.75 Å². The summed E-state index contributed by atoms with van der Waals surface area (Å²) < 4.78 is 0. The van der Waals surface area contributed by atoms with E-state index in [0.717, 1.165) is 30.4 Å². The molecule has 0 aromatic heterocycles. The van der Waals surface area contributed by atoms with Gasteiger partial charge in [0.1, 0.15) is 5.75 Å². The summed E-state index contributed by atoms with van der Waals surface area (Å²) in [5, 5.41) is 13.4. The molecule has 94 valence electrons. The molecular weight excluding hydrogens is 210 g/mol. The molecule has 2 heteroatoms. The van der Waals surface area contributed by atoms with Crippen molar-refractivity contribution in [2.45, 2.75) is 39.2 Å². The molecule has 0 radical (unpaired) electrons. The van der Waals surface area contributed by atoms with Crippen molar-refractivity contribution in [2.75, 3.05) is 6.54 Å². The van der Waals surface area contributed by atoms with E-state index in [1.807, 2.05) is 18.2 Å². The Morgan fingerprint density at radius 1 is 1.35 bits per heavy atom. The molecule has 1 saturated carbocycles. The van der Waals surface area contributed by atoms with Crippen molar-refractivity contribution in [3.8, 4) is 5.75 Å². The Balaban J connectivity index is 1.93. The fraction of sp³-hybridized carbons (Fsp3) is 0.600. The van der Waals surface area contributed by atoms with Gasteiger partial charge in [0.05, 0.1) is 0 Å². The zero-order valence-electron chi connectivity index (χ0n) is 10.8. The van der Waals surface area contributed by atoms with Crippen molar-refractivity contribution in [3.63, 3.8) is 0 Å². The summed E-state index contributed by atoms with van der Waals surface area (Å²) in [5.74, 6) is 2.10. The predicted octanol–water partition coefficient (Wildman–Crippen LogP) is 3.48. The molecule has 2 N–H and O–H groups in total. The molecule has 0 spiro atoms. The van der Waals surface area contributed by atoms with E-state index in [1.54, 1.807) is 6.07 Å². The van der Waals surface area contributed by atoms with Gasteiger partial charge < -0.3 is 10.4 Å². The van der Waals surface area contributed by atoms with E-state index < -0.39 is 0 Å². The lowest BCUT2D eigenvalue weighted by Crippen LogP contribution is -2.26. The van der Waals surface area contributed by atoms with Gasteiger partial charge in [-0.3, -0.25) is 0 Å². The summed E-state index contributed by atoms with van der Waals surface area (Å²) in [6, 6.07) is 7.92. The fourth-order valence-electron chi connectivity index (χ4n) is 2.42. The number of rotatable bonds is 6. The molecule has 1 fully saturated rings. The van der Waals surface area contributed by atoms with Gasteiger partial charge in [-0.1, -0.05) is 32.0 Å². The van der Waals surface area contributed by atoms with Gasteiger partial charge in [0.15, 0.2) is 0 Å². The Bertz CT molecular complexity index is 360. The monoisotopic (exact) mass is 233 g/mol. The summed E-state index contributed by atoms with van der Waals surface area (Å²) in [4.78, 5) is 0. The van der Waals surface area contributed by atoms with Gasteiger partial charge in [-0.25, -0.2) is 0 Å². The first-order valence-corrected chi connectivity index (χ1v) is 6.73. The van der Waals surface area contributed by atoms with Crippen LogP contribution in [0.4, 0.5) is 0 Å². The highest BCUT2D eigenvalue weighted by atomic mass is 16.3. The van der Waals surface area contributed by atoms with Crippen molar-refractivity contribution >= 4 is 0 Å². The number of benzene rings is 1. The molecule has 17 heavy (non-hydrogen) atoms. The zero-order chi connectivity index (χ0) is 12.3. The second-order valence-corrected chi connectivity index (χ2v) is 5.24. The Labute approximate surface area is 104 Å². The van der Waals surface area contributed by atoms with Gasteiger partial charge in [-0.2, -0.15) is 0 Å². The van der Waals surface area contributed by atoms with Crippen LogP contribution in [0.3, 0.4) is 0 Å². The molecule has 0 saturated heterocycles. The average Bonchev–Trinajstić information content (AvgIpc) is 3.15. The molecule has 1 aliphatic rings. The summed E-state index contributed by atoms with van der Waals surface area (Å²) in [6.07, 6.45) is 3.81. The van der Waals surface area contributed by atoms with Crippen LogP contribution in [0.1, 0.15) is 44.7 Å². The smallest absolute Gasteiger partial charge is 0.120 e. The van der Waals surface area contributed by atoms with Gasteiger partial charge in [0, 0.05) is 11.6 Å². The molecule has 2 rings (SSSR count). The van der Waals surface area contributed by atoms with Crippen LogP contribution in [-0.2, 0) is 0 Å². The van der Waals surface area contributed by atoms with E-state index in [-0.39, 0.29) is 6.04 Å². The van der Waals surface area contributed by atoms with E-state index >= 15 is 0 Å². The van der Waals surface area contributed by atoms with Crippen LogP contribution in [0, 0.1) is 11.8 Å². The lowest BCUT2D eigenvalue weighted by molar-refractivity contribution is 0.399. The third-order valence-corrected chi connectivity index (χ3v) is 3.83. The largest absolute Gasteiger partial charge is 0.508 e. The number of nitrogens with one attached hydrogen (secondary N) is 1. The van der Waals surface area contributed by atoms with Crippen LogP contribution in [-0.4, -0.2) is 11.7 Å². The van der Waals surface area contributed by atoms with Crippen molar-refractivity contribution in [1.29, 1.82) is 0 Å². The standard InChI is InChI=1S/C15H23NO/c1-3-14(13-6-4-5-7-15(13)17)16-10-11(2)12-8-9-12/h4-7,11-12,14,16-17H,3,8-10H2,1-2H3. The number of aromatic hydroxyl groups is 1. The molecular formula is C15H23NO. The fourth-order valence-corrected chi connectivity index (χ4v) is 2.42. The van der Waals surface area contributed by atoms with Crippen molar-refractivity contribution in [2.24, 2.45) is 11.8 Å². The quantitative estimate of drug-likeness (QED) is 0.788. The summed E-state index contributed by atoms with van der Waals surface area (Å²) >= 11 is 0. The van der Waals surface area contributed by atoms with Crippen LogP contribution < -0.4 is 5.32 Å². The summed E-state index contributed by atoms with van der Waals surface area (Å²) in [6.45, 7) is 5.53. The van der Waals surface area contributed by atoms with E-state index in [2.05, 4.69) is 19.2 Å². The van der Waals surface area contributed by atoms with Crippen LogP contribution in [0.2, 0.25) is 0 Å². The highest BCUT2D eigenvalue weighted by Crippen LogP contribution is 2.36. The number of phenolic OH excluding ortho intramolecular Hbond substituents is 1. The van der Waals surface area contributed by atoms with E-state index in [4.69, 9.17) is 0 Å². The Morgan fingerprint density at radius 3 is 2.65 bits per heavy atom. The molecule has 1 aliphatic carbocycles. The Hall–Kier alpha value is -1.02. The second-order valence-electron chi connectivity index (χ2n) is 5.24. The molecule has 2 atom stereocenters. The maximum atomic E-state index is 9.86. The summed E-state index contributed by atoms with van der Waals surface area (Å²) in [5.41, 5.74) is 1.03. The van der Waals surface area contributed by atoms with Gasteiger partial charge in [0.2, 0.25) is 0 Å². The predicted molar refractivity (Wildman–Crippen MR) is 71.0 cm³/mol. The molecule has 1 aromatic rings. The normalized spacial score (nSPS) is 18.9. The van der Waals surface area contributed by atoms with Crippen molar-refractivity contribution in [3.05, 3.63) is 29.8 Å². The van der Waals surface area contributed by atoms with Crippen molar-refractivity contribution < 1.29 is 5.11 Å². The van der Waals surface area contributed by atoms with E-state index in [1.165, 1.54) is 12.8 Å². The molecule has 2 nitrogen and oxygen atoms in total. The summed E-state index contributed by atoms with van der Waals surface area (Å²) in [7, 11) is 0. The minimum atomic E-state index is 0.275. The SMILES string of the molecule is CCC(NCC(C)C1CC1)c1ccccc1O. The molecule has 1 aromatic carbocycles. The van der Waals surface area contributed by atoms with E-state index in [0.29, 0.717) is 5.75 Å². The van der Waals surface area contributed by atoms with Gasteiger partial charge in [-0.05, 0) is 43.7 Å². The average molecular weight is 233 g/mol. The molecule has 2 unspecified atom stereocenters. The Kier molecular flexibility index (Phi) is 4.06. The first-order chi connectivity index (χ1) is 8.22. The number of para-hydroxylation sites is 1. The second kappa shape index (κ2) is 5.54. The lowest BCUT2D eigenvalue weighted by Gasteiger charge is -2.21. The topological polar surface area (TPSA) is 32.3 Å². The number of hydrogen-bond donors (Lipinski definition) is 2. The maximum Gasteiger partial charge on any atom is 0.120 e. The van der Waals surface area contributed by atoms with Crippen LogP contribution in [0.15, 0.2) is 24.3 Å². The maximum absolute atomic E-state index is 9.86. The molecule has 0 aliphatic heterocycles. The zero-order valence-corrected chi connectivity index (χ0v) is 10.8. The van der Waals surface area contributed by atoms with Gasteiger partial charge in [0.25, 0.3) is 0 Å². The highest BCUT2D eigenvalue weighted by Gasteiger charge is 2.28. The minimum Gasteiger partial charge on any atom is -0.508 e. The minimum absolute atomic E-state index is 0.275. The number of phenols is 1. The lowest BCUT2D eigenvalue weighted by atomic mass is 10.0. The third kappa shape index (κ3) is 3.22. The highest BCUT2D eigenvalue weighted by molar-refractivity contribution is 5.34. The van der Waals surface area contributed by atoms with Crippen LogP contribution in [0.25, 0.3) is 0 Å². The third-order valence-electron chi connectivity index (χ3n) is 3.83. The molecule has 0 heterocycles. The molecule has 0 amide bonds. The first kappa shape index (κ1) is 12.4.